The van der Waals surface area contributed by atoms with Gasteiger partial charge in [0.25, 0.3) is 0 Å². The average molecular weight is 280 g/mol. The summed E-state index contributed by atoms with van der Waals surface area (Å²) in [5, 5.41) is 0. The molecule has 1 saturated carbocycles. The second kappa shape index (κ2) is 5.84. The molecule has 0 radical (unpaired) electrons. The highest BCUT2D eigenvalue weighted by atomic mass is 19.4. The standard InChI is InChI=1S/C13H19F3O3/c1-4-18-6-5-11-7-9(2)8-12(11,13(14,15)16)19-10(3)17/h4,9,11H,1,5-8H2,2-3H3. The van der Waals surface area contributed by atoms with Gasteiger partial charge >= 0.3 is 12.1 Å². The van der Waals surface area contributed by atoms with Crippen molar-refractivity contribution in [1.82, 2.24) is 0 Å². The molecule has 1 fully saturated rings. The van der Waals surface area contributed by atoms with E-state index in [4.69, 9.17) is 9.47 Å². The average Bonchev–Trinajstić information content (AvgIpc) is 2.55. The van der Waals surface area contributed by atoms with E-state index < -0.39 is 23.7 Å². The fraction of sp³-hybridized carbons (Fsp3) is 0.769. The molecular formula is C13H19F3O3. The Kier molecular flexibility index (Phi) is 4.87. The highest BCUT2D eigenvalue weighted by Gasteiger charge is 2.65. The van der Waals surface area contributed by atoms with Crippen LogP contribution in [0.2, 0.25) is 0 Å². The van der Waals surface area contributed by atoms with E-state index in [0.29, 0.717) is 6.42 Å². The molecule has 110 valence electrons. The lowest BCUT2D eigenvalue weighted by molar-refractivity contribution is -0.282. The van der Waals surface area contributed by atoms with Gasteiger partial charge in [-0.15, -0.1) is 0 Å². The summed E-state index contributed by atoms with van der Waals surface area (Å²) in [7, 11) is 0. The van der Waals surface area contributed by atoms with E-state index in [1.807, 2.05) is 0 Å². The van der Waals surface area contributed by atoms with Crippen molar-refractivity contribution in [3.63, 3.8) is 0 Å². The molecule has 0 aromatic heterocycles. The molecule has 0 aliphatic heterocycles. The van der Waals surface area contributed by atoms with Gasteiger partial charge in [-0.2, -0.15) is 13.2 Å². The Morgan fingerprint density at radius 1 is 1.53 bits per heavy atom. The quantitative estimate of drug-likeness (QED) is 0.439. The molecule has 3 atom stereocenters. The van der Waals surface area contributed by atoms with Crippen LogP contribution in [-0.2, 0) is 14.3 Å². The lowest BCUT2D eigenvalue weighted by atomic mass is 9.87. The summed E-state index contributed by atoms with van der Waals surface area (Å²) in [5.41, 5.74) is -2.37. The molecule has 0 amide bonds. The van der Waals surface area contributed by atoms with Crippen LogP contribution in [-0.4, -0.2) is 24.4 Å². The number of carbonyl (C=O) groups excluding carboxylic acids is 1. The fourth-order valence-corrected chi connectivity index (χ4v) is 2.87. The van der Waals surface area contributed by atoms with Gasteiger partial charge in [0.2, 0.25) is 5.60 Å². The molecule has 1 aliphatic carbocycles. The number of ether oxygens (including phenoxy) is 2. The number of carbonyl (C=O) groups is 1. The molecule has 3 nitrogen and oxygen atoms in total. The molecule has 0 spiro atoms. The highest BCUT2D eigenvalue weighted by molar-refractivity contribution is 5.66. The van der Waals surface area contributed by atoms with Gasteiger partial charge in [-0.1, -0.05) is 13.5 Å². The smallest absolute Gasteiger partial charge is 0.428 e. The van der Waals surface area contributed by atoms with Gasteiger partial charge in [-0.3, -0.25) is 4.79 Å². The summed E-state index contributed by atoms with van der Waals surface area (Å²) in [6.45, 7) is 6.22. The van der Waals surface area contributed by atoms with Crippen LogP contribution in [0.4, 0.5) is 13.2 Å². The molecule has 0 aromatic rings. The number of esters is 1. The monoisotopic (exact) mass is 280 g/mol. The molecule has 0 bridgehead atoms. The third-order valence-corrected chi connectivity index (χ3v) is 3.51. The third kappa shape index (κ3) is 3.42. The summed E-state index contributed by atoms with van der Waals surface area (Å²) in [6, 6.07) is 0. The van der Waals surface area contributed by atoms with Crippen LogP contribution in [0.3, 0.4) is 0 Å². The van der Waals surface area contributed by atoms with Gasteiger partial charge < -0.3 is 9.47 Å². The second-order valence-corrected chi connectivity index (χ2v) is 5.05. The van der Waals surface area contributed by atoms with E-state index >= 15 is 0 Å². The number of hydrogen-bond acceptors (Lipinski definition) is 3. The van der Waals surface area contributed by atoms with E-state index in [0.717, 1.165) is 6.92 Å². The maximum Gasteiger partial charge on any atom is 0.428 e. The summed E-state index contributed by atoms with van der Waals surface area (Å²) in [5.74, 6) is -1.82. The molecule has 0 aromatic carbocycles. The maximum atomic E-state index is 13.4. The minimum Gasteiger partial charge on any atom is -0.502 e. The minimum atomic E-state index is -4.57. The molecule has 6 heteroatoms. The Hall–Kier alpha value is -1.20. The number of hydrogen-bond donors (Lipinski definition) is 0. The summed E-state index contributed by atoms with van der Waals surface area (Å²) >= 11 is 0. The first kappa shape index (κ1) is 15.9. The number of halogens is 3. The topological polar surface area (TPSA) is 35.5 Å². The van der Waals surface area contributed by atoms with Gasteiger partial charge in [0.05, 0.1) is 12.9 Å². The van der Waals surface area contributed by atoms with Crippen molar-refractivity contribution in [2.75, 3.05) is 6.61 Å². The molecule has 0 saturated heterocycles. The van der Waals surface area contributed by atoms with Gasteiger partial charge in [0, 0.05) is 12.8 Å². The van der Waals surface area contributed by atoms with Crippen molar-refractivity contribution in [3.8, 4) is 0 Å². The van der Waals surface area contributed by atoms with Crippen LogP contribution in [0.1, 0.15) is 33.1 Å². The van der Waals surface area contributed by atoms with E-state index in [-0.39, 0.29) is 25.4 Å². The van der Waals surface area contributed by atoms with Crippen molar-refractivity contribution in [2.24, 2.45) is 11.8 Å². The van der Waals surface area contributed by atoms with Gasteiger partial charge in [0.1, 0.15) is 0 Å². The maximum absolute atomic E-state index is 13.4. The zero-order valence-electron chi connectivity index (χ0n) is 11.1. The Morgan fingerprint density at radius 2 is 2.16 bits per heavy atom. The summed E-state index contributed by atoms with van der Waals surface area (Å²) < 4.78 is 49.7. The predicted molar refractivity (Wildman–Crippen MR) is 63.2 cm³/mol. The minimum absolute atomic E-state index is 0.139. The first-order valence-corrected chi connectivity index (χ1v) is 6.21. The van der Waals surface area contributed by atoms with Crippen molar-refractivity contribution in [1.29, 1.82) is 0 Å². The Morgan fingerprint density at radius 3 is 2.63 bits per heavy atom. The van der Waals surface area contributed by atoms with E-state index in [2.05, 4.69) is 6.58 Å². The highest BCUT2D eigenvalue weighted by Crippen LogP contribution is 2.52. The van der Waals surface area contributed by atoms with Gasteiger partial charge in [-0.05, 0) is 25.2 Å². The van der Waals surface area contributed by atoms with Gasteiger partial charge in [-0.25, -0.2) is 0 Å². The SMILES string of the molecule is C=COCCC1CC(C)CC1(OC(C)=O)C(F)(F)F. The van der Waals surface area contributed by atoms with Crippen LogP contribution in [0.25, 0.3) is 0 Å². The Labute approximate surface area is 110 Å². The first-order chi connectivity index (χ1) is 8.73. The molecular weight excluding hydrogens is 261 g/mol. The Balaban J connectivity index is 2.96. The molecule has 1 aliphatic rings. The summed E-state index contributed by atoms with van der Waals surface area (Å²) in [4.78, 5) is 11.1. The normalized spacial score (nSPS) is 31.0. The lowest BCUT2D eigenvalue weighted by Gasteiger charge is -2.36. The van der Waals surface area contributed by atoms with Crippen molar-refractivity contribution >= 4 is 5.97 Å². The molecule has 0 N–H and O–H groups in total. The van der Waals surface area contributed by atoms with E-state index in [9.17, 15) is 18.0 Å². The second-order valence-electron chi connectivity index (χ2n) is 5.05. The largest absolute Gasteiger partial charge is 0.502 e. The summed E-state index contributed by atoms with van der Waals surface area (Å²) in [6.07, 6.45) is -3.01. The van der Waals surface area contributed by atoms with E-state index in [1.165, 1.54) is 6.26 Å². The van der Waals surface area contributed by atoms with Crippen molar-refractivity contribution in [3.05, 3.63) is 12.8 Å². The molecule has 0 heterocycles. The number of rotatable bonds is 5. The van der Waals surface area contributed by atoms with Crippen LogP contribution < -0.4 is 0 Å². The first-order valence-electron chi connectivity index (χ1n) is 6.21. The Bertz CT molecular complexity index is 341. The third-order valence-electron chi connectivity index (χ3n) is 3.51. The molecule has 3 unspecified atom stereocenters. The zero-order valence-corrected chi connectivity index (χ0v) is 11.1. The zero-order chi connectivity index (χ0) is 14.7. The van der Waals surface area contributed by atoms with Gasteiger partial charge in [0.15, 0.2) is 0 Å². The van der Waals surface area contributed by atoms with Crippen LogP contribution in [0, 0.1) is 11.8 Å². The van der Waals surface area contributed by atoms with Crippen LogP contribution in [0.15, 0.2) is 12.8 Å². The predicted octanol–water partition coefficient (Wildman–Crippen LogP) is 3.45. The number of alkyl halides is 3. The fourth-order valence-electron chi connectivity index (χ4n) is 2.87. The molecule has 1 rings (SSSR count). The van der Waals surface area contributed by atoms with Crippen molar-refractivity contribution in [2.45, 2.75) is 44.9 Å². The lowest BCUT2D eigenvalue weighted by Crippen LogP contribution is -2.51. The van der Waals surface area contributed by atoms with Crippen LogP contribution in [0.5, 0.6) is 0 Å². The molecule has 19 heavy (non-hydrogen) atoms. The van der Waals surface area contributed by atoms with E-state index in [1.54, 1.807) is 6.92 Å². The van der Waals surface area contributed by atoms with Crippen LogP contribution >= 0.6 is 0 Å². The van der Waals surface area contributed by atoms with Crippen molar-refractivity contribution < 1.29 is 27.4 Å².